The van der Waals surface area contributed by atoms with E-state index in [4.69, 9.17) is 0 Å². The van der Waals surface area contributed by atoms with Crippen LogP contribution in [0.5, 0.6) is 5.75 Å². The van der Waals surface area contributed by atoms with E-state index in [1.807, 2.05) is 0 Å². The van der Waals surface area contributed by atoms with Crippen molar-refractivity contribution in [2.75, 3.05) is 5.32 Å². The van der Waals surface area contributed by atoms with E-state index in [-0.39, 0.29) is 24.0 Å². The quantitative estimate of drug-likeness (QED) is 0.889. The molecule has 0 radical (unpaired) electrons. The zero-order chi connectivity index (χ0) is 15.1. The number of nitrogens with zero attached hydrogens (tertiary/aromatic N) is 2. The number of ether oxygens (including phenoxy) is 1. The minimum Gasteiger partial charge on any atom is -0.435 e. The third-order valence-corrected chi connectivity index (χ3v) is 2.61. The zero-order valence-electron chi connectivity index (χ0n) is 11.0. The molecule has 0 saturated carbocycles. The lowest BCUT2D eigenvalue weighted by atomic mass is 10.1. The molecule has 0 spiro atoms. The number of nitrogens with one attached hydrogen (secondary N) is 1. The molecule has 1 N–H and O–H groups in total. The Morgan fingerprint density at radius 3 is 2.48 bits per heavy atom. The first kappa shape index (κ1) is 14.8. The van der Waals surface area contributed by atoms with Crippen LogP contribution in [0.25, 0.3) is 0 Å². The highest BCUT2D eigenvalue weighted by Gasteiger charge is 2.06. The molecule has 0 saturated heterocycles. The summed E-state index contributed by atoms with van der Waals surface area (Å²) in [6, 6.07) is 7.83. The summed E-state index contributed by atoms with van der Waals surface area (Å²) >= 11 is 0. The summed E-state index contributed by atoms with van der Waals surface area (Å²) in [6.07, 6.45) is 3.79. The lowest BCUT2D eigenvalue weighted by Gasteiger charge is -2.06. The normalized spacial score (nSPS) is 10.4. The fourth-order valence-electron chi connectivity index (χ4n) is 1.65. The van der Waals surface area contributed by atoms with Gasteiger partial charge in [-0.15, -0.1) is 0 Å². The van der Waals surface area contributed by atoms with Crippen LogP contribution in [-0.2, 0) is 11.2 Å². The maximum atomic E-state index is 12.0. The number of rotatable bonds is 6. The van der Waals surface area contributed by atoms with Crippen LogP contribution in [0, 0.1) is 0 Å². The van der Waals surface area contributed by atoms with Crippen molar-refractivity contribution in [3.63, 3.8) is 0 Å². The number of carbonyl (C=O) groups is 1. The summed E-state index contributed by atoms with van der Waals surface area (Å²) in [6.45, 7) is -2.84. The fourth-order valence-corrected chi connectivity index (χ4v) is 1.65. The first-order chi connectivity index (χ1) is 10.1. The van der Waals surface area contributed by atoms with E-state index in [1.165, 1.54) is 24.5 Å². The Morgan fingerprint density at radius 1 is 1.19 bits per heavy atom. The van der Waals surface area contributed by atoms with Crippen molar-refractivity contribution >= 4 is 11.9 Å². The van der Waals surface area contributed by atoms with Gasteiger partial charge in [0.05, 0.1) is 0 Å². The van der Waals surface area contributed by atoms with Gasteiger partial charge >= 0.3 is 6.61 Å². The van der Waals surface area contributed by atoms with E-state index in [0.717, 1.165) is 5.56 Å². The molecule has 1 heterocycles. The molecule has 2 rings (SSSR count). The SMILES string of the molecule is O=C(CCc1ccc(OC(F)F)cc1)Nc1ncccn1. The molecular weight excluding hydrogens is 280 g/mol. The standard InChI is InChI=1S/C14H13F2N3O2/c15-13(16)21-11-5-2-10(3-6-11)4-7-12(20)19-14-17-8-1-9-18-14/h1-3,5-6,8-9,13H,4,7H2,(H,17,18,19,20). The molecule has 0 unspecified atom stereocenters. The van der Waals surface area contributed by atoms with Crippen LogP contribution in [0.4, 0.5) is 14.7 Å². The van der Waals surface area contributed by atoms with Gasteiger partial charge in [-0.1, -0.05) is 12.1 Å². The average Bonchev–Trinajstić information content (AvgIpc) is 2.47. The molecule has 0 fully saturated rings. The summed E-state index contributed by atoms with van der Waals surface area (Å²) in [4.78, 5) is 19.4. The van der Waals surface area contributed by atoms with Crippen LogP contribution < -0.4 is 10.1 Å². The van der Waals surface area contributed by atoms with E-state index in [0.29, 0.717) is 6.42 Å². The number of carbonyl (C=O) groups excluding carboxylic acids is 1. The van der Waals surface area contributed by atoms with Crippen LogP contribution >= 0.6 is 0 Å². The second kappa shape index (κ2) is 7.28. The van der Waals surface area contributed by atoms with E-state index in [2.05, 4.69) is 20.0 Å². The summed E-state index contributed by atoms with van der Waals surface area (Å²) in [5.74, 6) is 0.133. The van der Waals surface area contributed by atoms with Gasteiger partial charge < -0.3 is 4.74 Å². The van der Waals surface area contributed by atoms with E-state index in [9.17, 15) is 13.6 Å². The first-order valence-corrected chi connectivity index (χ1v) is 6.24. The highest BCUT2D eigenvalue weighted by molar-refractivity contribution is 5.88. The van der Waals surface area contributed by atoms with Gasteiger partial charge in [0, 0.05) is 18.8 Å². The molecule has 110 valence electrons. The van der Waals surface area contributed by atoms with Gasteiger partial charge in [-0.2, -0.15) is 8.78 Å². The largest absolute Gasteiger partial charge is 0.435 e. The first-order valence-electron chi connectivity index (χ1n) is 6.24. The monoisotopic (exact) mass is 293 g/mol. The van der Waals surface area contributed by atoms with Gasteiger partial charge in [-0.05, 0) is 30.2 Å². The van der Waals surface area contributed by atoms with Crippen molar-refractivity contribution in [1.29, 1.82) is 0 Å². The highest BCUT2D eigenvalue weighted by atomic mass is 19.3. The van der Waals surface area contributed by atoms with E-state index < -0.39 is 6.61 Å². The van der Waals surface area contributed by atoms with Crippen molar-refractivity contribution < 1.29 is 18.3 Å². The third-order valence-electron chi connectivity index (χ3n) is 2.61. The second-order valence-electron chi connectivity index (χ2n) is 4.14. The Kier molecular flexibility index (Phi) is 5.14. The van der Waals surface area contributed by atoms with Crippen LogP contribution in [0.1, 0.15) is 12.0 Å². The number of hydrogen-bond donors (Lipinski definition) is 1. The summed E-state index contributed by atoms with van der Waals surface area (Å²) < 4.78 is 28.2. The Labute approximate surface area is 120 Å². The minimum absolute atomic E-state index is 0.0934. The predicted octanol–water partition coefficient (Wildman–Crippen LogP) is 2.65. The van der Waals surface area contributed by atoms with Crippen molar-refractivity contribution in [2.24, 2.45) is 0 Å². The highest BCUT2D eigenvalue weighted by Crippen LogP contribution is 2.15. The number of hydrogen-bond acceptors (Lipinski definition) is 4. The van der Waals surface area contributed by atoms with Crippen molar-refractivity contribution in [3.05, 3.63) is 48.3 Å². The Hall–Kier alpha value is -2.57. The Balaban J connectivity index is 1.81. The number of aryl methyl sites for hydroxylation is 1. The summed E-state index contributed by atoms with van der Waals surface area (Å²) in [7, 11) is 0. The molecule has 1 amide bonds. The van der Waals surface area contributed by atoms with Crippen molar-refractivity contribution in [2.45, 2.75) is 19.5 Å². The molecular formula is C14H13F2N3O2. The van der Waals surface area contributed by atoms with Crippen LogP contribution in [0.3, 0.4) is 0 Å². The number of aromatic nitrogens is 2. The molecule has 0 atom stereocenters. The van der Waals surface area contributed by atoms with Crippen LogP contribution in [0.15, 0.2) is 42.7 Å². The van der Waals surface area contributed by atoms with Crippen molar-refractivity contribution in [1.82, 2.24) is 9.97 Å². The molecule has 2 aromatic rings. The summed E-state index contributed by atoms with van der Waals surface area (Å²) in [5.41, 5.74) is 0.848. The van der Waals surface area contributed by atoms with Gasteiger partial charge in [0.25, 0.3) is 0 Å². The number of benzene rings is 1. The number of amides is 1. The molecule has 7 heteroatoms. The maximum Gasteiger partial charge on any atom is 0.387 e. The smallest absolute Gasteiger partial charge is 0.387 e. The van der Waals surface area contributed by atoms with Gasteiger partial charge in [0.15, 0.2) is 0 Å². The number of anilines is 1. The minimum atomic E-state index is -2.84. The molecule has 1 aromatic heterocycles. The lowest BCUT2D eigenvalue weighted by molar-refractivity contribution is -0.116. The molecule has 0 aliphatic heterocycles. The molecule has 1 aromatic carbocycles. The second-order valence-corrected chi connectivity index (χ2v) is 4.14. The average molecular weight is 293 g/mol. The van der Waals surface area contributed by atoms with Crippen molar-refractivity contribution in [3.8, 4) is 5.75 Å². The van der Waals surface area contributed by atoms with Gasteiger partial charge in [-0.3, -0.25) is 10.1 Å². The van der Waals surface area contributed by atoms with E-state index >= 15 is 0 Å². The van der Waals surface area contributed by atoms with E-state index in [1.54, 1.807) is 18.2 Å². The zero-order valence-corrected chi connectivity index (χ0v) is 11.0. The maximum absolute atomic E-state index is 12.0. The van der Waals surface area contributed by atoms with Crippen LogP contribution in [-0.4, -0.2) is 22.5 Å². The Bertz CT molecular complexity index is 577. The fraction of sp³-hybridized carbons (Fsp3) is 0.214. The topological polar surface area (TPSA) is 64.1 Å². The number of halogens is 2. The molecule has 0 bridgehead atoms. The molecule has 0 aliphatic carbocycles. The predicted molar refractivity (Wildman–Crippen MR) is 72.1 cm³/mol. The molecule has 5 nitrogen and oxygen atoms in total. The van der Waals surface area contributed by atoms with Gasteiger partial charge in [0.1, 0.15) is 5.75 Å². The van der Waals surface area contributed by atoms with Crippen LogP contribution in [0.2, 0.25) is 0 Å². The molecule has 0 aliphatic rings. The van der Waals surface area contributed by atoms with Gasteiger partial charge in [-0.25, -0.2) is 9.97 Å². The third kappa shape index (κ3) is 5.13. The lowest BCUT2D eigenvalue weighted by Crippen LogP contribution is -2.14. The number of alkyl halides is 2. The van der Waals surface area contributed by atoms with Gasteiger partial charge in [0.2, 0.25) is 11.9 Å². The molecule has 21 heavy (non-hydrogen) atoms. The summed E-state index contributed by atoms with van der Waals surface area (Å²) in [5, 5.41) is 2.56. The Morgan fingerprint density at radius 2 is 1.86 bits per heavy atom.